The summed E-state index contributed by atoms with van der Waals surface area (Å²) >= 11 is 0. The molecule has 0 saturated carbocycles. The minimum absolute atomic E-state index is 0.268. The van der Waals surface area contributed by atoms with Crippen molar-refractivity contribution in [1.82, 2.24) is 0 Å². The summed E-state index contributed by atoms with van der Waals surface area (Å²) in [5.41, 5.74) is 0. The molecular formula is C23H48O4S. The fourth-order valence-electron chi connectivity index (χ4n) is 3.81. The summed E-state index contributed by atoms with van der Waals surface area (Å²) in [6, 6.07) is 0. The van der Waals surface area contributed by atoms with E-state index in [1.54, 1.807) is 0 Å². The number of unbranched alkanes of at least 4 members (excludes halogenated alkanes) is 12. The van der Waals surface area contributed by atoms with Gasteiger partial charge in [-0.15, -0.1) is 0 Å². The fourth-order valence-corrected chi connectivity index (χ4v) is 4.74. The minimum Gasteiger partial charge on any atom is -0.393 e. The van der Waals surface area contributed by atoms with Gasteiger partial charge in [0.2, 0.25) is 0 Å². The van der Waals surface area contributed by atoms with Gasteiger partial charge in [-0.1, -0.05) is 110 Å². The number of hydrogen-bond acceptors (Lipinski definition) is 3. The van der Waals surface area contributed by atoms with Gasteiger partial charge in [0, 0.05) is 0 Å². The third-order valence-electron chi connectivity index (χ3n) is 5.76. The van der Waals surface area contributed by atoms with Gasteiger partial charge < -0.3 is 5.11 Å². The van der Waals surface area contributed by atoms with E-state index in [0.29, 0.717) is 12.8 Å². The number of rotatable bonds is 21. The van der Waals surface area contributed by atoms with Crippen LogP contribution in [0.2, 0.25) is 0 Å². The van der Waals surface area contributed by atoms with Gasteiger partial charge in [-0.3, -0.25) is 4.55 Å². The molecule has 0 aromatic rings. The second-order valence-electron chi connectivity index (χ2n) is 8.54. The first-order chi connectivity index (χ1) is 13.4. The average Bonchev–Trinajstić information content (AvgIpc) is 2.64. The molecule has 0 bridgehead atoms. The highest BCUT2D eigenvalue weighted by atomic mass is 32.2. The Morgan fingerprint density at radius 2 is 0.929 bits per heavy atom. The molecule has 170 valence electrons. The zero-order chi connectivity index (χ0) is 21.1. The first-order valence-electron chi connectivity index (χ1n) is 12.1. The predicted molar refractivity (Wildman–Crippen MR) is 120 cm³/mol. The number of aliphatic hydroxyl groups excluding tert-OH is 1. The third-order valence-corrected chi connectivity index (χ3v) is 7.07. The maximum absolute atomic E-state index is 11.6. The summed E-state index contributed by atoms with van der Waals surface area (Å²) in [4.78, 5) is 0. The Hall–Kier alpha value is -0.130. The quantitative estimate of drug-likeness (QED) is 0.154. The largest absolute Gasteiger partial charge is 0.393 e. The van der Waals surface area contributed by atoms with E-state index < -0.39 is 15.4 Å². The van der Waals surface area contributed by atoms with Crippen LogP contribution in [0.25, 0.3) is 0 Å². The molecule has 0 radical (unpaired) electrons. The first-order valence-corrected chi connectivity index (χ1v) is 13.6. The van der Waals surface area contributed by atoms with Crippen molar-refractivity contribution in [3.8, 4) is 0 Å². The average molecular weight is 421 g/mol. The highest BCUT2D eigenvalue weighted by molar-refractivity contribution is 7.86. The van der Waals surface area contributed by atoms with Crippen LogP contribution in [0.1, 0.15) is 136 Å². The van der Waals surface area contributed by atoms with E-state index in [9.17, 15) is 18.1 Å². The molecule has 0 amide bonds. The second-order valence-corrected chi connectivity index (χ2v) is 10.2. The molecule has 0 aromatic heterocycles. The molecule has 0 aromatic carbocycles. The Morgan fingerprint density at radius 3 is 1.39 bits per heavy atom. The molecule has 0 aliphatic carbocycles. The van der Waals surface area contributed by atoms with Crippen LogP contribution < -0.4 is 0 Å². The van der Waals surface area contributed by atoms with E-state index in [2.05, 4.69) is 13.8 Å². The maximum atomic E-state index is 11.6. The topological polar surface area (TPSA) is 74.6 Å². The van der Waals surface area contributed by atoms with Crippen molar-refractivity contribution in [3.63, 3.8) is 0 Å². The molecule has 2 atom stereocenters. The Balaban J connectivity index is 3.74. The van der Waals surface area contributed by atoms with Crippen molar-refractivity contribution in [2.45, 2.75) is 147 Å². The first kappa shape index (κ1) is 27.9. The monoisotopic (exact) mass is 420 g/mol. The highest BCUT2D eigenvalue weighted by Crippen LogP contribution is 2.19. The zero-order valence-electron chi connectivity index (χ0n) is 18.7. The lowest BCUT2D eigenvalue weighted by Crippen LogP contribution is -2.20. The lowest BCUT2D eigenvalue weighted by atomic mass is 10.0. The van der Waals surface area contributed by atoms with Crippen LogP contribution in [0.4, 0.5) is 0 Å². The lowest BCUT2D eigenvalue weighted by Gasteiger charge is -2.15. The number of hydrogen-bond donors (Lipinski definition) is 2. The van der Waals surface area contributed by atoms with E-state index in [1.807, 2.05) is 0 Å². The van der Waals surface area contributed by atoms with Gasteiger partial charge in [0.05, 0.1) is 11.4 Å². The molecule has 0 aliphatic rings. The van der Waals surface area contributed by atoms with Crippen LogP contribution in [0.3, 0.4) is 0 Å². The molecule has 28 heavy (non-hydrogen) atoms. The van der Waals surface area contributed by atoms with E-state index in [0.717, 1.165) is 57.8 Å². The maximum Gasteiger partial charge on any atom is 0.267 e. The summed E-state index contributed by atoms with van der Waals surface area (Å²) in [7, 11) is -3.95. The normalized spacial score (nSPS) is 14.3. The van der Waals surface area contributed by atoms with Crippen LogP contribution in [0.15, 0.2) is 0 Å². The van der Waals surface area contributed by atoms with E-state index in [1.165, 1.54) is 51.4 Å². The molecule has 5 heteroatoms. The Labute approximate surface area is 175 Å². The molecule has 4 nitrogen and oxygen atoms in total. The fraction of sp³-hybridized carbons (Fsp3) is 1.00. The van der Waals surface area contributed by atoms with E-state index in [4.69, 9.17) is 0 Å². The molecule has 0 fully saturated rings. The van der Waals surface area contributed by atoms with Crippen molar-refractivity contribution < 1.29 is 18.1 Å². The van der Waals surface area contributed by atoms with E-state index >= 15 is 0 Å². The van der Waals surface area contributed by atoms with Gasteiger partial charge in [-0.05, 0) is 25.7 Å². The Kier molecular flexibility index (Phi) is 18.8. The molecule has 0 heterocycles. The van der Waals surface area contributed by atoms with Gasteiger partial charge in [-0.2, -0.15) is 8.42 Å². The smallest absolute Gasteiger partial charge is 0.267 e. The highest BCUT2D eigenvalue weighted by Gasteiger charge is 2.22. The molecule has 0 aliphatic heterocycles. The standard InChI is InChI=1S/C23H48O4S/c1-3-5-7-8-9-10-11-12-13-14-15-20-23(28(25,26)27)21-17-16-19-22(24)18-6-4-2/h22-24H,3-21H2,1-2H3,(H,25,26,27). The van der Waals surface area contributed by atoms with Crippen LogP contribution in [-0.2, 0) is 10.1 Å². The van der Waals surface area contributed by atoms with Gasteiger partial charge in [0.1, 0.15) is 0 Å². The second kappa shape index (κ2) is 18.9. The molecular weight excluding hydrogens is 372 g/mol. The summed E-state index contributed by atoms with van der Waals surface area (Å²) in [6.45, 7) is 4.35. The van der Waals surface area contributed by atoms with Crippen molar-refractivity contribution >= 4 is 10.1 Å². The molecule has 0 saturated heterocycles. The third kappa shape index (κ3) is 17.9. The Bertz CT molecular complexity index is 422. The number of aliphatic hydroxyl groups is 1. The zero-order valence-corrected chi connectivity index (χ0v) is 19.5. The summed E-state index contributed by atoms with van der Waals surface area (Å²) < 4.78 is 32.7. The van der Waals surface area contributed by atoms with Crippen molar-refractivity contribution in [2.75, 3.05) is 0 Å². The van der Waals surface area contributed by atoms with Crippen molar-refractivity contribution in [2.24, 2.45) is 0 Å². The van der Waals surface area contributed by atoms with Gasteiger partial charge in [0.15, 0.2) is 0 Å². The molecule has 0 rings (SSSR count). The van der Waals surface area contributed by atoms with Crippen LogP contribution >= 0.6 is 0 Å². The minimum atomic E-state index is -3.95. The molecule has 2 unspecified atom stereocenters. The summed E-state index contributed by atoms with van der Waals surface area (Å²) in [6.07, 6.45) is 19.7. The molecule has 0 spiro atoms. The van der Waals surface area contributed by atoms with E-state index in [-0.39, 0.29) is 6.10 Å². The van der Waals surface area contributed by atoms with Crippen LogP contribution in [-0.4, -0.2) is 29.4 Å². The van der Waals surface area contributed by atoms with Crippen molar-refractivity contribution in [3.05, 3.63) is 0 Å². The predicted octanol–water partition coefficient (Wildman–Crippen LogP) is 7.06. The summed E-state index contributed by atoms with van der Waals surface area (Å²) in [5.74, 6) is 0. The molecule has 2 N–H and O–H groups in total. The van der Waals surface area contributed by atoms with Crippen LogP contribution in [0, 0.1) is 0 Å². The SMILES string of the molecule is CCCCCCCCCCCCCC(CCCCC(O)CCCC)S(=O)(=O)O. The lowest BCUT2D eigenvalue weighted by molar-refractivity contribution is 0.148. The van der Waals surface area contributed by atoms with Crippen LogP contribution in [0.5, 0.6) is 0 Å². The van der Waals surface area contributed by atoms with Gasteiger partial charge >= 0.3 is 0 Å². The Morgan fingerprint density at radius 1 is 0.571 bits per heavy atom. The summed E-state index contributed by atoms with van der Waals surface area (Å²) in [5, 5.41) is 9.23. The van der Waals surface area contributed by atoms with Gasteiger partial charge in [-0.25, -0.2) is 0 Å². The van der Waals surface area contributed by atoms with Crippen molar-refractivity contribution in [1.29, 1.82) is 0 Å². The van der Waals surface area contributed by atoms with Gasteiger partial charge in [0.25, 0.3) is 10.1 Å².